The van der Waals surface area contributed by atoms with Crippen LogP contribution in [-0.2, 0) is 13.6 Å². The second kappa shape index (κ2) is 5.06. The number of nitrogens with two attached hydrogens (primary N) is 1. The highest BCUT2D eigenvalue weighted by Crippen LogP contribution is 2.22. The Kier molecular flexibility index (Phi) is 3.23. The summed E-state index contributed by atoms with van der Waals surface area (Å²) in [5, 5.41) is 7.81. The molecule has 0 saturated carbocycles. The van der Waals surface area contributed by atoms with Crippen LogP contribution >= 0.6 is 0 Å². The molecule has 3 rings (SSSR count). The number of anilines is 1. The zero-order chi connectivity index (χ0) is 15.0. The molecule has 0 bridgehead atoms. The number of carbonyl (C=O) groups excluding carboxylic acids is 1. The van der Waals surface area contributed by atoms with E-state index in [9.17, 15) is 4.79 Å². The van der Waals surface area contributed by atoms with Gasteiger partial charge in [0.15, 0.2) is 11.6 Å². The highest BCUT2D eigenvalue weighted by atomic mass is 16.3. The molecule has 3 N–H and O–H groups in total. The van der Waals surface area contributed by atoms with Gasteiger partial charge in [0.1, 0.15) is 5.58 Å². The molecule has 0 radical (unpaired) electrons. The van der Waals surface area contributed by atoms with Crippen molar-refractivity contribution < 1.29 is 9.21 Å². The van der Waals surface area contributed by atoms with E-state index in [0.717, 1.165) is 16.5 Å². The largest absolute Gasteiger partial charge is 0.451 e. The maximum absolute atomic E-state index is 12.3. The van der Waals surface area contributed by atoms with E-state index in [1.807, 2.05) is 25.1 Å². The zero-order valence-electron chi connectivity index (χ0n) is 11.9. The van der Waals surface area contributed by atoms with Crippen molar-refractivity contribution in [2.45, 2.75) is 13.5 Å². The number of nitrogens with one attached hydrogen (secondary N) is 1. The first-order valence-corrected chi connectivity index (χ1v) is 6.61. The first-order chi connectivity index (χ1) is 10.1. The summed E-state index contributed by atoms with van der Waals surface area (Å²) < 4.78 is 7.17. The summed E-state index contributed by atoms with van der Waals surface area (Å²) in [6.07, 6.45) is 1.78. The van der Waals surface area contributed by atoms with Gasteiger partial charge in [-0.2, -0.15) is 5.10 Å². The van der Waals surface area contributed by atoms with Crippen molar-refractivity contribution in [2.75, 3.05) is 5.32 Å². The minimum absolute atomic E-state index is 0.254. The number of hydrogen-bond acceptors (Lipinski definition) is 4. The van der Waals surface area contributed by atoms with Crippen LogP contribution in [0, 0.1) is 6.92 Å². The van der Waals surface area contributed by atoms with E-state index in [1.54, 1.807) is 24.0 Å². The molecule has 108 valence electrons. The summed E-state index contributed by atoms with van der Waals surface area (Å²) in [4.78, 5) is 12.3. The van der Waals surface area contributed by atoms with Crippen molar-refractivity contribution in [1.29, 1.82) is 0 Å². The molecule has 0 atom stereocenters. The van der Waals surface area contributed by atoms with Gasteiger partial charge < -0.3 is 15.5 Å². The van der Waals surface area contributed by atoms with Crippen LogP contribution in [0.25, 0.3) is 11.0 Å². The lowest BCUT2D eigenvalue weighted by Crippen LogP contribution is -2.13. The molecule has 6 nitrogen and oxygen atoms in total. The number of carbonyl (C=O) groups is 1. The fraction of sp³-hybridized carbons (Fsp3) is 0.200. The van der Waals surface area contributed by atoms with Gasteiger partial charge >= 0.3 is 0 Å². The number of fused-ring (bicyclic) bond motifs is 1. The molecular weight excluding hydrogens is 268 g/mol. The maximum Gasteiger partial charge on any atom is 0.292 e. The molecule has 2 heterocycles. The second-order valence-electron chi connectivity index (χ2n) is 4.99. The topological polar surface area (TPSA) is 86.1 Å². The highest BCUT2D eigenvalue weighted by Gasteiger charge is 2.15. The fourth-order valence-electron chi connectivity index (χ4n) is 2.24. The van der Waals surface area contributed by atoms with Gasteiger partial charge in [0.2, 0.25) is 0 Å². The Morgan fingerprint density at radius 1 is 1.43 bits per heavy atom. The Balaban J connectivity index is 1.89. The van der Waals surface area contributed by atoms with E-state index in [0.29, 0.717) is 17.9 Å². The van der Waals surface area contributed by atoms with Crippen LogP contribution in [-0.4, -0.2) is 15.7 Å². The van der Waals surface area contributed by atoms with Crippen molar-refractivity contribution in [3.05, 3.63) is 47.3 Å². The summed E-state index contributed by atoms with van der Waals surface area (Å²) in [5.74, 6) is 0.378. The summed E-state index contributed by atoms with van der Waals surface area (Å²) in [7, 11) is 1.78. The molecule has 6 heteroatoms. The molecule has 3 aromatic rings. The molecule has 0 aliphatic carbocycles. The normalized spacial score (nSPS) is 11.0. The average molecular weight is 284 g/mol. The predicted octanol–water partition coefficient (Wildman–Crippen LogP) is 2.19. The van der Waals surface area contributed by atoms with Crippen LogP contribution in [0.15, 0.2) is 34.9 Å². The predicted molar refractivity (Wildman–Crippen MR) is 80.0 cm³/mol. The van der Waals surface area contributed by atoms with Gasteiger partial charge in [-0.3, -0.25) is 9.48 Å². The monoisotopic (exact) mass is 284 g/mol. The minimum Gasteiger partial charge on any atom is -0.451 e. The maximum atomic E-state index is 12.3. The van der Waals surface area contributed by atoms with E-state index in [1.165, 1.54) is 0 Å². The van der Waals surface area contributed by atoms with Crippen LogP contribution in [0.4, 0.5) is 5.82 Å². The Morgan fingerprint density at radius 2 is 2.24 bits per heavy atom. The Morgan fingerprint density at radius 3 is 3.00 bits per heavy atom. The third kappa shape index (κ3) is 2.53. The van der Waals surface area contributed by atoms with E-state index in [-0.39, 0.29) is 11.7 Å². The Bertz CT molecular complexity index is 816. The number of benzene rings is 1. The molecule has 0 aliphatic rings. The number of amides is 1. The molecule has 0 saturated heterocycles. The van der Waals surface area contributed by atoms with Crippen LogP contribution < -0.4 is 11.1 Å². The van der Waals surface area contributed by atoms with Gasteiger partial charge in [-0.05, 0) is 25.1 Å². The van der Waals surface area contributed by atoms with Crippen molar-refractivity contribution in [3.8, 4) is 0 Å². The minimum atomic E-state index is -0.336. The molecular formula is C15H16N4O2. The van der Waals surface area contributed by atoms with E-state index in [4.69, 9.17) is 10.2 Å². The van der Waals surface area contributed by atoms with Gasteiger partial charge in [0, 0.05) is 30.7 Å². The van der Waals surface area contributed by atoms with Gasteiger partial charge in [-0.25, -0.2) is 0 Å². The molecule has 1 aromatic carbocycles. The Hall–Kier alpha value is -2.60. The molecule has 1 amide bonds. The first-order valence-electron chi connectivity index (χ1n) is 6.61. The van der Waals surface area contributed by atoms with Crippen molar-refractivity contribution in [3.63, 3.8) is 0 Å². The van der Waals surface area contributed by atoms with Crippen molar-refractivity contribution in [1.82, 2.24) is 9.78 Å². The molecule has 0 fully saturated rings. The van der Waals surface area contributed by atoms with Crippen LogP contribution in [0.2, 0.25) is 0 Å². The number of aromatic nitrogens is 2. The van der Waals surface area contributed by atoms with Gasteiger partial charge in [0.25, 0.3) is 5.91 Å². The zero-order valence-corrected chi connectivity index (χ0v) is 11.9. The lowest BCUT2D eigenvalue weighted by molar-refractivity contribution is 0.0998. The lowest BCUT2D eigenvalue weighted by Gasteiger charge is -2.00. The van der Waals surface area contributed by atoms with E-state index >= 15 is 0 Å². The summed E-state index contributed by atoms with van der Waals surface area (Å²) in [6.45, 7) is 2.30. The van der Waals surface area contributed by atoms with Gasteiger partial charge in [0.05, 0.1) is 0 Å². The fourth-order valence-corrected chi connectivity index (χ4v) is 2.24. The van der Waals surface area contributed by atoms with Crippen LogP contribution in [0.5, 0.6) is 0 Å². The third-order valence-corrected chi connectivity index (χ3v) is 3.25. The van der Waals surface area contributed by atoms with Gasteiger partial charge in [-0.15, -0.1) is 0 Å². The first kappa shape index (κ1) is 13.4. The number of aryl methyl sites for hydroxylation is 2. The summed E-state index contributed by atoms with van der Waals surface area (Å²) >= 11 is 0. The second-order valence-corrected chi connectivity index (χ2v) is 4.99. The smallest absolute Gasteiger partial charge is 0.292 e. The van der Waals surface area contributed by atoms with Gasteiger partial charge in [-0.1, -0.05) is 11.6 Å². The summed E-state index contributed by atoms with van der Waals surface area (Å²) in [6, 6.07) is 7.50. The van der Waals surface area contributed by atoms with E-state index < -0.39 is 0 Å². The Labute approximate surface area is 121 Å². The quantitative estimate of drug-likeness (QED) is 0.772. The van der Waals surface area contributed by atoms with Crippen LogP contribution in [0.1, 0.15) is 21.7 Å². The summed E-state index contributed by atoms with van der Waals surface area (Å²) in [5.41, 5.74) is 8.21. The molecule has 0 aliphatic heterocycles. The molecule has 21 heavy (non-hydrogen) atoms. The molecule has 2 aromatic heterocycles. The highest BCUT2D eigenvalue weighted by molar-refractivity contribution is 6.04. The van der Waals surface area contributed by atoms with Crippen molar-refractivity contribution >= 4 is 22.7 Å². The standard InChI is InChI=1S/C15H16N4O2/c1-9-3-4-12-10(5-9)6-13(21-12)15(20)17-14-11(7-16)8-19(2)18-14/h3-6,8H,7,16H2,1-2H3,(H,17,18,20). The molecule has 0 unspecified atom stereocenters. The number of hydrogen-bond donors (Lipinski definition) is 2. The number of furan rings is 1. The van der Waals surface area contributed by atoms with E-state index in [2.05, 4.69) is 10.4 Å². The average Bonchev–Trinajstić information content (AvgIpc) is 3.01. The SMILES string of the molecule is Cc1ccc2oc(C(=O)Nc3nn(C)cc3CN)cc2c1. The lowest BCUT2D eigenvalue weighted by atomic mass is 10.2. The number of nitrogens with zero attached hydrogens (tertiary/aromatic N) is 2. The molecule has 0 spiro atoms. The van der Waals surface area contributed by atoms with Crippen molar-refractivity contribution in [2.24, 2.45) is 12.8 Å². The van der Waals surface area contributed by atoms with Crippen LogP contribution in [0.3, 0.4) is 0 Å². The number of rotatable bonds is 3. The third-order valence-electron chi connectivity index (χ3n) is 3.25.